The number of ether oxygens (including phenoxy) is 7. The quantitative estimate of drug-likeness (QED) is 0.186. The molecule has 5 atom stereocenters. The molecule has 0 aromatic heterocycles. The lowest BCUT2D eigenvalue weighted by atomic mass is 9.98. The van der Waals surface area contributed by atoms with Crippen molar-refractivity contribution in [1.82, 2.24) is 0 Å². The van der Waals surface area contributed by atoms with E-state index in [9.17, 15) is 24.0 Å². The molecule has 12 nitrogen and oxygen atoms in total. The van der Waals surface area contributed by atoms with Crippen LogP contribution in [0.25, 0.3) is 6.08 Å². The third-order valence-electron chi connectivity index (χ3n) is 5.01. The average Bonchev–Trinajstić information content (AvgIpc) is 2.80. The van der Waals surface area contributed by atoms with Crippen molar-refractivity contribution in [2.75, 3.05) is 13.2 Å². The molecular formula is C26H32O12. The zero-order valence-corrected chi connectivity index (χ0v) is 22.1. The van der Waals surface area contributed by atoms with Gasteiger partial charge in [0, 0.05) is 27.7 Å². The van der Waals surface area contributed by atoms with Gasteiger partial charge < -0.3 is 33.2 Å². The molecule has 1 aliphatic rings. The molecule has 1 aromatic carbocycles. The lowest BCUT2D eigenvalue weighted by Gasteiger charge is -2.43. The highest BCUT2D eigenvalue weighted by molar-refractivity contribution is 5.91. The maximum absolute atomic E-state index is 12.8. The molecule has 0 N–H and O–H groups in total. The predicted octanol–water partition coefficient (Wildman–Crippen LogP) is 2.00. The van der Waals surface area contributed by atoms with Gasteiger partial charge in [0.15, 0.2) is 12.2 Å². The minimum Gasteiger partial charge on any atom is -0.463 e. The third-order valence-corrected chi connectivity index (χ3v) is 5.01. The Morgan fingerprint density at radius 3 is 1.97 bits per heavy atom. The van der Waals surface area contributed by atoms with E-state index >= 15 is 0 Å². The van der Waals surface area contributed by atoms with E-state index in [1.54, 1.807) is 25.1 Å². The molecule has 0 amide bonds. The Balaban J connectivity index is 2.58. The molecule has 0 aliphatic carbocycles. The first-order valence-electron chi connectivity index (χ1n) is 11.8. The highest BCUT2D eigenvalue weighted by atomic mass is 16.7. The van der Waals surface area contributed by atoms with Gasteiger partial charge in [-0.05, 0) is 25.5 Å². The molecule has 1 aliphatic heterocycles. The lowest BCUT2D eigenvalue weighted by molar-refractivity contribution is -0.299. The standard InChI is InChI=1S/C26H32O12/c1-7-32-25(31)20(12-19-10-8-9-14(2)11-19)37-26-24(36-18(6)30)23(35-17(5)29)22(34-16(4)28)21(38-26)13-33-15(3)27/h8-12,21-24,26H,7,13H2,1-6H3/t21-,22-,23+,24-,26-/m0/s1. The summed E-state index contributed by atoms with van der Waals surface area (Å²) in [6.07, 6.45) is -5.69. The fraction of sp³-hybridized carbons (Fsp3) is 0.500. The van der Waals surface area contributed by atoms with Gasteiger partial charge in [-0.1, -0.05) is 29.8 Å². The molecule has 1 saturated heterocycles. The summed E-state index contributed by atoms with van der Waals surface area (Å²) >= 11 is 0. The van der Waals surface area contributed by atoms with Crippen molar-refractivity contribution in [2.24, 2.45) is 0 Å². The van der Waals surface area contributed by atoms with E-state index in [1.807, 2.05) is 13.0 Å². The van der Waals surface area contributed by atoms with Crippen molar-refractivity contribution in [3.63, 3.8) is 0 Å². The molecule has 1 heterocycles. The van der Waals surface area contributed by atoms with Crippen LogP contribution in [0.5, 0.6) is 0 Å². The van der Waals surface area contributed by atoms with Crippen LogP contribution in [0.3, 0.4) is 0 Å². The smallest absolute Gasteiger partial charge is 0.373 e. The van der Waals surface area contributed by atoms with Gasteiger partial charge in [0.05, 0.1) is 6.61 Å². The first-order valence-corrected chi connectivity index (χ1v) is 11.8. The molecule has 208 valence electrons. The summed E-state index contributed by atoms with van der Waals surface area (Å²) in [6, 6.07) is 7.15. The average molecular weight is 537 g/mol. The van der Waals surface area contributed by atoms with Crippen LogP contribution in [0, 0.1) is 6.92 Å². The number of rotatable bonds is 10. The fourth-order valence-electron chi connectivity index (χ4n) is 3.66. The van der Waals surface area contributed by atoms with E-state index in [0.29, 0.717) is 5.56 Å². The van der Waals surface area contributed by atoms with Gasteiger partial charge in [-0.3, -0.25) is 19.2 Å². The second-order valence-corrected chi connectivity index (χ2v) is 8.33. The predicted molar refractivity (Wildman–Crippen MR) is 129 cm³/mol. The van der Waals surface area contributed by atoms with Crippen LogP contribution in [-0.2, 0) is 57.1 Å². The molecule has 0 spiro atoms. The van der Waals surface area contributed by atoms with Crippen LogP contribution in [-0.4, -0.2) is 73.8 Å². The molecule has 0 saturated carbocycles. The number of carbonyl (C=O) groups is 5. The zero-order valence-electron chi connectivity index (χ0n) is 22.1. The van der Waals surface area contributed by atoms with Crippen LogP contribution in [0.1, 0.15) is 45.7 Å². The number of aryl methyl sites for hydroxylation is 1. The second-order valence-electron chi connectivity index (χ2n) is 8.33. The fourth-order valence-corrected chi connectivity index (χ4v) is 3.66. The van der Waals surface area contributed by atoms with E-state index in [1.165, 1.54) is 6.08 Å². The van der Waals surface area contributed by atoms with Gasteiger partial charge in [-0.15, -0.1) is 0 Å². The summed E-state index contributed by atoms with van der Waals surface area (Å²) in [5.41, 5.74) is 1.51. The molecule has 0 radical (unpaired) electrons. The Bertz CT molecular complexity index is 1060. The normalized spacial score (nSPS) is 23.0. The van der Waals surface area contributed by atoms with E-state index < -0.39 is 67.2 Å². The van der Waals surface area contributed by atoms with Crippen LogP contribution >= 0.6 is 0 Å². The molecular weight excluding hydrogens is 504 g/mol. The summed E-state index contributed by atoms with van der Waals surface area (Å²) in [5, 5.41) is 0. The summed E-state index contributed by atoms with van der Waals surface area (Å²) in [6.45, 7) is 7.54. The Morgan fingerprint density at radius 1 is 0.816 bits per heavy atom. The largest absolute Gasteiger partial charge is 0.463 e. The van der Waals surface area contributed by atoms with Gasteiger partial charge in [-0.25, -0.2) is 4.79 Å². The van der Waals surface area contributed by atoms with Crippen LogP contribution in [0.15, 0.2) is 30.0 Å². The zero-order chi connectivity index (χ0) is 28.4. The summed E-state index contributed by atoms with van der Waals surface area (Å²) in [4.78, 5) is 60.2. The SMILES string of the molecule is CCOC(=O)C(=Cc1cccc(C)c1)O[C@H]1O[C@@H](COC(C)=O)[C@H](OC(C)=O)[C@@H](OC(C)=O)[C@@H]1OC(C)=O. The third kappa shape index (κ3) is 9.18. The topological polar surface area (TPSA) is 150 Å². The Hall–Kier alpha value is -3.93. The van der Waals surface area contributed by atoms with Crippen molar-refractivity contribution in [3.8, 4) is 0 Å². The van der Waals surface area contributed by atoms with E-state index in [4.69, 9.17) is 33.2 Å². The Labute approximate surface area is 220 Å². The van der Waals surface area contributed by atoms with Crippen molar-refractivity contribution < 1.29 is 57.1 Å². The summed E-state index contributed by atoms with van der Waals surface area (Å²) < 4.78 is 38.0. The summed E-state index contributed by atoms with van der Waals surface area (Å²) in [5.74, 6) is -4.18. The number of carbonyl (C=O) groups excluding carboxylic acids is 5. The molecule has 2 rings (SSSR count). The molecule has 1 aromatic rings. The van der Waals surface area contributed by atoms with Crippen LogP contribution < -0.4 is 0 Å². The summed E-state index contributed by atoms with van der Waals surface area (Å²) in [7, 11) is 0. The van der Waals surface area contributed by atoms with Gasteiger partial charge in [0.2, 0.25) is 18.2 Å². The van der Waals surface area contributed by atoms with Gasteiger partial charge in [-0.2, -0.15) is 0 Å². The first-order chi connectivity index (χ1) is 17.9. The van der Waals surface area contributed by atoms with Gasteiger partial charge in [0.1, 0.15) is 12.7 Å². The molecule has 0 unspecified atom stereocenters. The monoisotopic (exact) mass is 536 g/mol. The molecule has 0 bridgehead atoms. The Morgan fingerprint density at radius 2 is 1.42 bits per heavy atom. The Kier molecular flexibility index (Phi) is 11.3. The van der Waals surface area contributed by atoms with Crippen molar-refractivity contribution in [3.05, 3.63) is 41.2 Å². The maximum Gasteiger partial charge on any atom is 0.373 e. The van der Waals surface area contributed by atoms with E-state index in [2.05, 4.69) is 0 Å². The van der Waals surface area contributed by atoms with Gasteiger partial charge in [0.25, 0.3) is 0 Å². The van der Waals surface area contributed by atoms with E-state index in [0.717, 1.165) is 33.3 Å². The molecule has 12 heteroatoms. The first kappa shape index (κ1) is 30.3. The number of esters is 5. The molecule has 1 fully saturated rings. The van der Waals surface area contributed by atoms with Crippen molar-refractivity contribution >= 4 is 35.9 Å². The van der Waals surface area contributed by atoms with E-state index in [-0.39, 0.29) is 12.4 Å². The lowest BCUT2D eigenvalue weighted by Crippen LogP contribution is -2.63. The van der Waals surface area contributed by atoms with Crippen LogP contribution in [0.2, 0.25) is 0 Å². The van der Waals surface area contributed by atoms with Gasteiger partial charge >= 0.3 is 29.8 Å². The second kappa shape index (κ2) is 14.1. The number of benzene rings is 1. The van der Waals surface area contributed by atoms with Crippen molar-refractivity contribution in [1.29, 1.82) is 0 Å². The van der Waals surface area contributed by atoms with Crippen molar-refractivity contribution in [2.45, 2.75) is 72.2 Å². The minimum atomic E-state index is -1.57. The number of hydrogen-bond donors (Lipinski definition) is 0. The highest BCUT2D eigenvalue weighted by Gasteiger charge is 2.53. The van der Waals surface area contributed by atoms with Crippen LogP contribution in [0.4, 0.5) is 0 Å². The number of hydrogen-bond acceptors (Lipinski definition) is 12. The molecule has 38 heavy (non-hydrogen) atoms. The minimum absolute atomic E-state index is 0.0337. The highest BCUT2D eigenvalue weighted by Crippen LogP contribution is 2.31. The maximum atomic E-state index is 12.8.